The molecule has 2 atom stereocenters. The van der Waals surface area contributed by atoms with Crippen molar-refractivity contribution in [1.29, 1.82) is 0 Å². The van der Waals surface area contributed by atoms with Crippen molar-refractivity contribution in [3.05, 3.63) is 88.2 Å². The van der Waals surface area contributed by atoms with Gasteiger partial charge in [0.05, 0.1) is 5.69 Å². The van der Waals surface area contributed by atoms with E-state index in [1.807, 2.05) is 41.9 Å². The molecule has 1 aliphatic heterocycles. The number of nitrogens with zero attached hydrogens (tertiary/aromatic N) is 3. The Balaban J connectivity index is 1.76. The lowest BCUT2D eigenvalue weighted by molar-refractivity contribution is -0.127. The van der Waals surface area contributed by atoms with E-state index in [9.17, 15) is 13.6 Å². The quantitative estimate of drug-likeness (QED) is 0.574. The average Bonchev–Trinajstić information content (AvgIpc) is 3.17. The number of carbonyl (C=O) groups excluding carboxylic acids is 1. The van der Waals surface area contributed by atoms with Gasteiger partial charge in [-0.25, -0.2) is 8.78 Å². The van der Waals surface area contributed by atoms with Gasteiger partial charge in [-0.3, -0.25) is 14.4 Å². The largest absolute Gasteiger partial charge is 0.358 e. The molecule has 0 bridgehead atoms. The number of halogens is 2. The number of nitrogens with one attached hydrogen (secondary N) is 1. The smallest absolute Gasteiger partial charge is 0.241 e. The number of benzene rings is 2. The van der Waals surface area contributed by atoms with E-state index in [0.29, 0.717) is 24.9 Å². The SMILES string of the molecule is CCn1nc(C)c2c1CCN([C@@H](C(=O)NC)c1ccccc1)C2CCc1cccc(F)c1F. The van der Waals surface area contributed by atoms with E-state index in [2.05, 4.69) is 17.1 Å². The van der Waals surface area contributed by atoms with E-state index >= 15 is 0 Å². The molecule has 3 aromatic rings. The number of aryl methyl sites for hydroxylation is 3. The zero-order chi connectivity index (χ0) is 23.5. The van der Waals surface area contributed by atoms with E-state index in [4.69, 9.17) is 5.10 Å². The van der Waals surface area contributed by atoms with Gasteiger partial charge in [-0.05, 0) is 43.9 Å². The Morgan fingerprint density at radius 2 is 1.94 bits per heavy atom. The maximum absolute atomic E-state index is 14.4. The Kier molecular flexibility index (Phi) is 6.88. The summed E-state index contributed by atoms with van der Waals surface area (Å²) in [5.74, 6) is -1.73. The second-order valence-electron chi connectivity index (χ2n) is 8.44. The fourth-order valence-corrected chi connectivity index (χ4v) is 5.08. The highest BCUT2D eigenvalue weighted by atomic mass is 19.2. The zero-order valence-corrected chi connectivity index (χ0v) is 19.3. The first-order valence-corrected chi connectivity index (χ1v) is 11.5. The molecular formula is C26H30F2N4O. The van der Waals surface area contributed by atoms with Crippen LogP contribution in [0.1, 0.15) is 53.5 Å². The molecule has 0 saturated heterocycles. The van der Waals surface area contributed by atoms with Crippen LogP contribution in [0.15, 0.2) is 48.5 Å². The number of likely N-dealkylation sites (N-methyl/N-ethyl adjacent to an activating group) is 1. The highest BCUT2D eigenvalue weighted by molar-refractivity contribution is 5.83. The molecule has 4 rings (SSSR count). The van der Waals surface area contributed by atoms with Crippen LogP contribution in [0.2, 0.25) is 0 Å². The molecule has 0 fully saturated rings. The number of fused-ring (bicyclic) bond motifs is 1. The summed E-state index contributed by atoms with van der Waals surface area (Å²) >= 11 is 0. The zero-order valence-electron chi connectivity index (χ0n) is 19.3. The third kappa shape index (κ3) is 4.42. The number of aromatic nitrogens is 2. The van der Waals surface area contributed by atoms with Gasteiger partial charge in [0.1, 0.15) is 6.04 Å². The van der Waals surface area contributed by atoms with Crippen LogP contribution >= 0.6 is 0 Å². The Labute approximate surface area is 193 Å². The van der Waals surface area contributed by atoms with Crippen LogP contribution in [-0.2, 0) is 24.2 Å². The fraction of sp³-hybridized carbons (Fsp3) is 0.385. The van der Waals surface area contributed by atoms with Gasteiger partial charge in [0.25, 0.3) is 0 Å². The van der Waals surface area contributed by atoms with Gasteiger partial charge in [-0.1, -0.05) is 42.5 Å². The van der Waals surface area contributed by atoms with Gasteiger partial charge in [-0.15, -0.1) is 0 Å². The predicted molar refractivity (Wildman–Crippen MR) is 124 cm³/mol. The topological polar surface area (TPSA) is 50.2 Å². The number of rotatable bonds is 7. The molecule has 174 valence electrons. The van der Waals surface area contributed by atoms with Crippen molar-refractivity contribution in [3.63, 3.8) is 0 Å². The van der Waals surface area contributed by atoms with Crippen molar-refractivity contribution < 1.29 is 13.6 Å². The maximum Gasteiger partial charge on any atom is 0.241 e. The molecule has 7 heteroatoms. The minimum Gasteiger partial charge on any atom is -0.358 e. The predicted octanol–water partition coefficient (Wildman–Crippen LogP) is 4.51. The Morgan fingerprint density at radius 3 is 2.64 bits per heavy atom. The van der Waals surface area contributed by atoms with Crippen molar-refractivity contribution in [3.8, 4) is 0 Å². The maximum atomic E-state index is 14.4. The number of hydrogen-bond acceptors (Lipinski definition) is 3. The molecule has 0 saturated carbocycles. The van der Waals surface area contributed by atoms with Crippen molar-refractivity contribution in [2.45, 2.75) is 51.7 Å². The summed E-state index contributed by atoms with van der Waals surface area (Å²) in [7, 11) is 1.64. The lowest BCUT2D eigenvalue weighted by Crippen LogP contribution is -2.45. The number of hydrogen-bond donors (Lipinski definition) is 1. The Hall–Kier alpha value is -3.06. The van der Waals surface area contributed by atoms with Crippen molar-refractivity contribution in [2.24, 2.45) is 0 Å². The van der Waals surface area contributed by atoms with Crippen LogP contribution in [0.3, 0.4) is 0 Å². The van der Waals surface area contributed by atoms with E-state index in [1.54, 1.807) is 13.1 Å². The second-order valence-corrected chi connectivity index (χ2v) is 8.44. The first-order valence-electron chi connectivity index (χ1n) is 11.5. The lowest BCUT2D eigenvalue weighted by Gasteiger charge is -2.41. The summed E-state index contributed by atoms with van der Waals surface area (Å²) in [4.78, 5) is 15.3. The monoisotopic (exact) mass is 452 g/mol. The van der Waals surface area contributed by atoms with Crippen LogP contribution in [0.4, 0.5) is 8.78 Å². The van der Waals surface area contributed by atoms with Crippen LogP contribution in [0.5, 0.6) is 0 Å². The second kappa shape index (κ2) is 9.83. The molecular weight excluding hydrogens is 422 g/mol. The van der Waals surface area contributed by atoms with E-state index in [1.165, 1.54) is 11.8 Å². The first-order chi connectivity index (χ1) is 16.0. The molecule has 0 radical (unpaired) electrons. The minimum atomic E-state index is -0.837. The summed E-state index contributed by atoms with van der Waals surface area (Å²) in [6, 6.07) is 13.4. The van der Waals surface area contributed by atoms with Crippen LogP contribution < -0.4 is 5.32 Å². The first kappa shape index (κ1) is 23.1. The summed E-state index contributed by atoms with van der Waals surface area (Å²) in [5, 5.41) is 7.55. The molecule has 2 heterocycles. The molecule has 1 N–H and O–H groups in total. The molecule has 1 amide bonds. The van der Waals surface area contributed by atoms with Gasteiger partial charge in [-0.2, -0.15) is 5.10 Å². The molecule has 33 heavy (non-hydrogen) atoms. The van der Waals surface area contributed by atoms with Crippen molar-refractivity contribution in [2.75, 3.05) is 13.6 Å². The highest BCUT2D eigenvalue weighted by Gasteiger charge is 2.39. The summed E-state index contributed by atoms with van der Waals surface area (Å²) in [6.07, 6.45) is 1.68. The number of carbonyl (C=O) groups is 1. The number of amides is 1. The Bertz CT molecular complexity index is 1130. The van der Waals surface area contributed by atoms with Gasteiger partial charge in [0.15, 0.2) is 11.6 Å². The van der Waals surface area contributed by atoms with Gasteiger partial charge < -0.3 is 5.32 Å². The van der Waals surface area contributed by atoms with E-state index < -0.39 is 17.7 Å². The molecule has 1 aromatic heterocycles. The molecule has 0 aliphatic carbocycles. The van der Waals surface area contributed by atoms with E-state index in [0.717, 1.165) is 35.9 Å². The molecule has 1 aliphatic rings. The van der Waals surface area contributed by atoms with Crippen molar-refractivity contribution >= 4 is 5.91 Å². The normalized spacial score (nSPS) is 16.9. The van der Waals surface area contributed by atoms with Crippen LogP contribution in [0, 0.1) is 18.6 Å². The minimum absolute atomic E-state index is 0.0906. The average molecular weight is 453 g/mol. The third-order valence-electron chi connectivity index (χ3n) is 6.58. The molecule has 1 unspecified atom stereocenters. The lowest BCUT2D eigenvalue weighted by atomic mass is 9.88. The Morgan fingerprint density at radius 1 is 1.18 bits per heavy atom. The standard InChI is InChI=1S/C26H30F2N4O/c1-4-32-22-15-16-31(25(26(33)29-3)19-9-6-5-7-10-19)21(23(22)17(2)30-32)14-13-18-11-8-12-20(27)24(18)28/h5-12,21,25H,4,13-16H2,1-3H3,(H,29,33)/t21?,25-/m1/s1. The van der Waals surface area contributed by atoms with Crippen LogP contribution in [0.25, 0.3) is 0 Å². The highest BCUT2D eigenvalue weighted by Crippen LogP contribution is 2.40. The summed E-state index contributed by atoms with van der Waals surface area (Å²) in [5.41, 5.74) is 4.44. The van der Waals surface area contributed by atoms with Crippen LogP contribution in [-0.4, -0.2) is 34.2 Å². The summed E-state index contributed by atoms with van der Waals surface area (Å²) in [6.45, 7) is 5.48. The van der Waals surface area contributed by atoms with Gasteiger partial charge >= 0.3 is 0 Å². The third-order valence-corrected chi connectivity index (χ3v) is 6.58. The van der Waals surface area contributed by atoms with E-state index in [-0.39, 0.29) is 11.9 Å². The molecule has 5 nitrogen and oxygen atoms in total. The summed E-state index contributed by atoms with van der Waals surface area (Å²) < 4.78 is 30.3. The molecule has 2 aromatic carbocycles. The van der Waals surface area contributed by atoms with Gasteiger partial charge in [0, 0.05) is 43.9 Å². The fourth-order valence-electron chi connectivity index (χ4n) is 5.08. The van der Waals surface area contributed by atoms with Crippen molar-refractivity contribution in [1.82, 2.24) is 20.0 Å². The molecule has 0 spiro atoms. The van der Waals surface area contributed by atoms with Gasteiger partial charge in [0.2, 0.25) is 5.91 Å².